The molecule has 2 heterocycles. The van der Waals surface area contributed by atoms with Crippen molar-refractivity contribution < 1.29 is 24.2 Å². The van der Waals surface area contributed by atoms with Gasteiger partial charge in [-0.25, -0.2) is 4.79 Å². The number of nitrogens with one attached hydrogen (secondary N) is 1. The Morgan fingerprint density at radius 3 is 3.00 bits per heavy atom. The lowest BCUT2D eigenvalue weighted by atomic mass is 10.1. The van der Waals surface area contributed by atoms with E-state index in [1.165, 1.54) is 22.7 Å². The standard InChI is InChI=1S/C13H12N2O5S/c16-11-4-20-10-3-7(1-2-8(10)14-11)12(17)15-6-21-5-9(15)13(18)19/h1-3,9H,4-6H2,(H,14,16)(H,18,19). The van der Waals surface area contributed by atoms with Crippen LogP contribution in [0.1, 0.15) is 10.4 Å². The maximum absolute atomic E-state index is 12.4. The van der Waals surface area contributed by atoms with Crippen LogP contribution in [-0.2, 0) is 9.59 Å². The number of amides is 2. The number of ether oxygens (including phenoxy) is 1. The maximum atomic E-state index is 12.4. The Balaban J connectivity index is 1.85. The molecule has 1 unspecified atom stereocenters. The minimum Gasteiger partial charge on any atom is -0.482 e. The molecule has 1 saturated heterocycles. The molecule has 1 aromatic carbocycles. The van der Waals surface area contributed by atoms with Gasteiger partial charge in [0.2, 0.25) is 0 Å². The van der Waals surface area contributed by atoms with E-state index in [0.717, 1.165) is 0 Å². The minimum atomic E-state index is -1.00. The summed E-state index contributed by atoms with van der Waals surface area (Å²) < 4.78 is 5.26. The van der Waals surface area contributed by atoms with Crippen LogP contribution in [0.2, 0.25) is 0 Å². The summed E-state index contributed by atoms with van der Waals surface area (Å²) in [7, 11) is 0. The lowest BCUT2D eigenvalue weighted by Gasteiger charge is -2.22. The summed E-state index contributed by atoms with van der Waals surface area (Å²) in [6.07, 6.45) is 0. The Kier molecular flexibility index (Phi) is 3.46. The van der Waals surface area contributed by atoms with Gasteiger partial charge in [0, 0.05) is 11.3 Å². The third-order valence-electron chi connectivity index (χ3n) is 3.29. The van der Waals surface area contributed by atoms with Gasteiger partial charge in [0.05, 0.1) is 11.6 Å². The third kappa shape index (κ3) is 2.54. The van der Waals surface area contributed by atoms with Gasteiger partial charge >= 0.3 is 5.97 Å². The zero-order valence-electron chi connectivity index (χ0n) is 10.9. The van der Waals surface area contributed by atoms with Crippen molar-refractivity contribution >= 4 is 35.2 Å². The fourth-order valence-corrected chi connectivity index (χ4v) is 3.37. The molecule has 0 bridgehead atoms. The zero-order chi connectivity index (χ0) is 15.0. The molecule has 8 heteroatoms. The molecule has 0 spiro atoms. The molecule has 2 amide bonds. The summed E-state index contributed by atoms with van der Waals surface area (Å²) in [5.41, 5.74) is 0.854. The van der Waals surface area contributed by atoms with Gasteiger partial charge in [-0.3, -0.25) is 9.59 Å². The van der Waals surface area contributed by atoms with Crippen molar-refractivity contribution in [2.75, 3.05) is 23.6 Å². The van der Waals surface area contributed by atoms with Gasteiger partial charge in [-0.15, -0.1) is 11.8 Å². The second kappa shape index (κ2) is 5.28. The van der Waals surface area contributed by atoms with E-state index in [1.54, 1.807) is 12.1 Å². The molecule has 1 aromatic rings. The van der Waals surface area contributed by atoms with Crippen molar-refractivity contribution in [2.45, 2.75) is 6.04 Å². The highest BCUT2D eigenvalue weighted by Crippen LogP contribution is 2.30. The van der Waals surface area contributed by atoms with Crippen molar-refractivity contribution in [3.05, 3.63) is 23.8 Å². The molecule has 3 rings (SSSR count). The summed E-state index contributed by atoms with van der Waals surface area (Å²) in [6.45, 7) is -0.0953. The molecule has 2 aliphatic heterocycles. The van der Waals surface area contributed by atoms with Crippen molar-refractivity contribution in [3.8, 4) is 5.75 Å². The van der Waals surface area contributed by atoms with Crippen LogP contribution in [-0.4, -0.2) is 52.1 Å². The molecule has 1 atom stereocenters. The monoisotopic (exact) mass is 308 g/mol. The molecule has 0 aliphatic carbocycles. The van der Waals surface area contributed by atoms with Gasteiger partial charge in [0.25, 0.3) is 11.8 Å². The lowest BCUT2D eigenvalue weighted by molar-refractivity contribution is -0.140. The highest BCUT2D eigenvalue weighted by molar-refractivity contribution is 7.99. The lowest BCUT2D eigenvalue weighted by Crippen LogP contribution is -2.41. The van der Waals surface area contributed by atoms with Gasteiger partial charge in [-0.1, -0.05) is 0 Å². The van der Waals surface area contributed by atoms with E-state index >= 15 is 0 Å². The summed E-state index contributed by atoms with van der Waals surface area (Å²) in [6, 6.07) is 3.86. The molecule has 110 valence electrons. The number of aliphatic carboxylic acids is 1. The van der Waals surface area contributed by atoms with E-state index in [-0.39, 0.29) is 18.4 Å². The van der Waals surface area contributed by atoms with Crippen molar-refractivity contribution in [1.82, 2.24) is 4.90 Å². The van der Waals surface area contributed by atoms with E-state index in [0.29, 0.717) is 28.6 Å². The minimum absolute atomic E-state index is 0.0953. The number of hydrogen-bond acceptors (Lipinski definition) is 5. The Bertz CT molecular complexity index is 633. The van der Waals surface area contributed by atoms with Gasteiger partial charge in [-0.2, -0.15) is 0 Å². The number of carbonyl (C=O) groups is 3. The first-order chi connectivity index (χ1) is 10.1. The van der Waals surface area contributed by atoms with E-state index in [9.17, 15) is 14.4 Å². The van der Waals surface area contributed by atoms with Crippen LogP contribution in [0.25, 0.3) is 0 Å². The number of benzene rings is 1. The Hall–Kier alpha value is -2.22. The predicted molar refractivity (Wildman–Crippen MR) is 75.5 cm³/mol. The number of hydrogen-bond donors (Lipinski definition) is 2. The van der Waals surface area contributed by atoms with E-state index in [2.05, 4.69) is 5.32 Å². The number of anilines is 1. The number of rotatable bonds is 2. The second-order valence-electron chi connectivity index (χ2n) is 4.68. The maximum Gasteiger partial charge on any atom is 0.327 e. The number of carbonyl (C=O) groups excluding carboxylic acids is 2. The zero-order valence-corrected chi connectivity index (χ0v) is 11.7. The van der Waals surface area contributed by atoms with E-state index in [1.807, 2.05) is 0 Å². The summed E-state index contributed by atoms with van der Waals surface area (Å²) in [4.78, 5) is 36.1. The van der Waals surface area contributed by atoms with Gasteiger partial charge in [0.15, 0.2) is 6.61 Å². The van der Waals surface area contributed by atoms with Gasteiger partial charge < -0.3 is 20.1 Å². The van der Waals surface area contributed by atoms with Crippen LogP contribution < -0.4 is 10.1 Å². The van der Waals surface area contributed by atoms with Crippen LogP contribution in [0, 0.1) is 0 Å². The summed E-state index contributed by atoms with van der Waals surface area (Å²) in [5, 5.41) is 11.8. The Morgan fingerprint density at radius 1 is 1.43 bits per heavy atom. The predicted octanol–water partition coefficient (Wildman–Crippen LogP) is 0.617. The molecule has 2 N–H and O–H groups in total. The molecule has 21 heavy (non-hydrogen) atoms. The fraction of sp³-hybridized carbons (Fsp3) is 0.308. The van der Waals surface area contributed by atoms with E-state index < -0.39 is 12.0 Å². The second-order valence-corrected chi connectivity index (χ2v) is 5.68. The number of nitrogens with zero attached hydrogens (tertiary/aromatic N) is 1. The van der Waals surface area contributed by atoms with Crippen LogP contribution in [0.15, 0.2) is 18.2 Å². The van der Waals surface area contributed by atoms with Gasteiger partial charge in [-0.05, 0) is 18.2 Å². The highest BCUT2D eigenvalue weighted by atomic mass is 32.2. The van der Waals surface area contributed by atoms with Crippen molar-refractivity contribution in [2.24, 2.45) is 0 Å². The van der Waals surface area contributed by atoms with Crippen LogP contribution in [0.3, 0.4) is 0 Å². The first-order valence-corrected chi connectivity index (χ1v) is 7.40. The van der Waals surface area contributed by atoms with E-state index in [4.69, 9.17) is 9.84 Å². The average Bonchev–Trinajstić information content (AvgIpc) is 2.95. The third-order valence-corrected chi connectivity index (χ3v) is 4.30. The molecule has 7 nitrogen and oxygen atoms in total. The molecule has 2 aliphatic rings. The van der Waals surface area contributed by atoms with Crippen molar-refractivity contribution in [3.63, 3.8) is 0 Å². The molecule has 1 fully saturated rings. The Labute approximate surface area is 124 Å². The number of carboxylic acids is 1. The molecule has 0 aromatic heterocycles. The average molecular weight is 308 g/mol. The molecule has 0 radical (unpaired) electrons. The van der Waals surface area contributed by atoms with Crippen LogP contribution >= 0.6 is 11.8 Å². The topological polar surface area (TPSA) is 95.9 Å². The largest absolute Gasteiger partial charge is 0.482 e. The molecular formula is C13H12N2O5S. The number of fused-ring (bicyclic) bond motifs is 1. The van der Waals surface area contributed by atoms with Crippen LogP contribution in [0.5, 0.6) is 5.75 Å². The summed E-state index contributed by atoms with van der Waals surface area (Å²) >= 11 is 1.41. The summed E-state index contributed by atoms with van der Waals surface area (Å²) in [5.74, 6) is -0.448. The number of carboxylic acid groups (broad SMARTS) is 1. The molecular weight excluding hydrogens is 296 g/mol. The molecule has 0 saturated carbocycles. The first kappa shape index (κ1) is 13.7. The quantitative estimate of drug-likeness (QED) is 0.831. The number of thioether (sulfide) groups is 1. The fourth-order valence-electron chi connectivity index (χ4n) is 2.22. The van der Waals surface area contributed by atoms with Crippen molar-refractivity contribution in [1.29, 1.82) is 0 Å². The Morgan fingerprint density at radius 2 is 2.24 bits per heavy atom. The highest BCUT2D eigenvalue weighted by Gasteiger charge is 2.35. The first-order valence-electron chi connectivity index (χ1n) is 6.24. The normalized spacial score (nSPS) is 20.5. The SMILES string of the molecule is O=C1COc2cc(C(=O)N3CSCC3C(=O)O)ccc2N1. The van der Waals surface area contributed by atoms with Crippen LogP contribution in [0.4, 0.5) is 5.69 Å². The smallest absolute Gasteiger partial charge is 0.327 e. The van der Waals surface area contributed by atoms with Gasteiger partial charge in [0.1, 0.15) is 11.8 Å².